The lowest BCUT2D eigenvalue weighted by molar-refractivity contribution is 1.14. The van der Waals surface area contributed by atoms with Gasteiger partial charge in [0, 0.05) is 23.1 Å². The third kappa shape index (κ3) is 2.92. The van der Waals surface area contributed by atoms with Gasteiger partial charge in [-0.3, -0.25) is 0 Å². The highest BCUT2D eigenvalue weighted by atomic mass is 32.2. The Morgan fingerprint density at radius 1 is 1.50 bits per heavy atom. The van der Waals surface area contributed by atoms with Crippen LogP contribution in [0.2, 0.25) is 0 Å². The van der Waals surface area contributed by atoms with Crippen molar-refractivity contribution in [1.29, 1.82) is 0 Å². The fourth-order valence-corrected chi connectivity index (χ4v) is 1.42. The van der Waals surface area contributed by atoms with E-state index in [1.54, 1.807) is 5.41 Å². The van der Waals surface area contributed by atoms with Gasteiger partial charge in [-0.25, -0.2) is 4.40 Å². The first-order valence-electron chi connectivity index (χ1n) is 4.44. The van der Waals surface area contributed by atoms with Crippen LogP contribution in [0.5, 0.6) is 0 Å². The van der Waals surface area contributed by atoms with E-state index in [0.717, 1.165) is 17.7 Å². The molecule has 0 heterocycles. The van der Waals surface area contributed by atoms with Gasteiger partial charge in [-0.05, 0) is 24.3 Å². The van der Waals surface area contributed by atoms with E-state index in [9.17, 15) is 0 Å². The van der Waals surface area contributed by atoms with Gasteiger partial charge in [0.05, 0.1) is 0 Å². The van der Waals surface area contributed by atoms with E-state index in [-0.39, 0.29) is 0 Å². The standard InChI is InChI=1S/C11H14N2S/c1-3-9-4-6-10(7-5-9)11(12)8-14-13-2/h4-8H,2-3,12H2,1H3/b11-8-. The average Bonchev–Trinajstić information content (AvgIpc) is 2.26. The summed E-state index contributed by atoms with van der Waals surface area (Å²) in [5.41, 5.74) is 8.89. The van der Waals surface area contributed by atoms with Gasteiger partial charge in [0.1, 0.15) is 0 Å². The molecule has 0 unspecified atom stereocenters. The molecule has 1 aromatic rings. The van der Waals surface area contributed by atoms with E-state index in [1.165, 1.54) is 17.5 Å². The molecule has 0 aliphatic rings. The van der Waals surface area contributed by atoms with Crippen LogP contribution in [0.3, 0.4) is 0 Å². The molecule has 0 amide bonds. The van der Waals surface area contributed by atoms with Gasteiger partial charge >= 0.3 is 0 Å². The second-order valence-electron chi connectivity index (χ2n) is 2.86. The molecule has 0 aliphatic heterocycles. The molecule has 1 aromatic carbocycles. The molecule has 0 saturated heterocycles. The molecule has 0 spiro atoms. The Morgan fingerprint density at radius 3 is 2.64 bits per heavy atom. The minimum Gasteiger partial charge on any atom is -0.398 e. The second-order valence-corrected chi connectivity index (χ2v) is 3.56. The third-order valence-electron chi connectivity index (χ3n) is 1.95. The number of rotatable bonds is 4. The number of nitrogens with two attached hydrogens (primary N) is 1. The van der Waals surface area contributed by atoms with E-state index in [0.29, 0.717) is 0 Å². The molecular weight excluding hydrogens is 192 g/mol. The molecule has 0 atom stereocenters. The largest absolute Gasteiger partial charge is 0.398 e. The van der Waals surface area contributed by atoms with Gasteiger partial charge in [0.15, 0.2) is 0 Å². The summed E-state index contributed by atoms with van der Waals surface area (Å²) in [6.07, 6.45) is 1.05. The van der Waals surface area contributed by atoms with Crippen molar-refractivity contribution in [2.75, 3.05) is 0 Å². The number of benzene rings is 1. The molecule has 2 N–H and O–H groups in total. The van der Waals surface area contributed by atoms with Gasteiger partial charge in [-0.1, -0.05) is 31.2 Å². The van der Waals surface area contributed by atoms with Crippen LogP contribution in [0.15, 0.2) is 34.1 Å². The summed E-state index contributed by atoms with van der Waals surface area (Å²) in [7, 11) is 0. The molecule has 3 heteroatoms. The Bertz CT molecular complexity index is 328. The molecule has 0 saturated carbocycles. The van der Waals surface area contributed by atoms with Crippen molar-refractivity contribution in [2.24, 2.45) is 10.1 Å². The van der Waals surface area contributed by atoms with E-state index >= 15 is 0 Å². The number of hydrogen-bond donors (Lipinski definition) is 1. The molecule has 14 heavy (non-hydrogen) atoms. The Labute approximate surface area is 89.1 Å². The van der Waals surface area contributed by atoms with Crippen LogP contribution in [0.4, 0.5) is 0 Å². The molecule has 74 valence electrons. The first-order chi connectivity index (χ1) is 6.77. The molecule has 1 rings (SSSR count). The van der Waals surface area contributed by atoms with Gasteiger partial charge in [0.2, 0.25) is 0 Å². The van der Waals surface area contributed by atoms with E-state index < -0.39 is 0 Å². The zero-order valence-corrected chi connectivity index (χ0v) is 9.05. The van der Waals surface area contributed by atoms with Gasteiger partial charge in [-0.15, -0.1) is 0 Å². The Kier molecular flexibility index (Phi) is 4.26. The van der Waals surface area contributed by atoms with E-state index in [1.807, 2.05) is 12.1 Å². The number of nitrogens with zero attached hydrogens (tertiary/aromatic N) is 1. The van der Waals surface area contributed by atoms with Crippen LogP contribution in [0.1, 0.15) is 18.1 Å². The Morgan fingerprint density at radius 2 is 2.14 bits per heavy atom. The minimum absolute atomic E-state index is 0.727. The molecule has 0 radical (unpaired) electrons. The van der Waals surface area contributed by atoms with Gasteiger partial charge < -0.3 is 5.73 Å². The van der Waals surface area contributed by atoms with Crippen molar-refractivity contribution < 1.29 is 0 Å². The van der Waals surface area contributed by atoms with Crippen LogP contribution >= 0.6 is 11.9 Å². The van der Waals surface area contributed by atoms with Gasteiger partial charge in [-0.2, -0.15) is 0 Å². The van der Waals surface area contributed by atoms with E-state index in [4.69, 9.17) is 5.73 Å². The molecule has 0 aromatic heterocycles. The van der Waals surface area contributed by atoms with Crippen molar-refractivity contribution in [2.45, 2.75) is 13.3 Å². The summed E-state index contributed by atoms with van der Waals surface area (Å²) < 4.78 is 3.65. The maximum Gasteiger partial charge on any atom is 0.0470 e. The maximum atomic E-state index is 5.83. The zero-order chi connectivity index (χ0) is 10.4. The van der Waals surface area contributed by atoms with Crippen LogP contribution in [0, 0.1) is 0 Å². The van der Waals surface area contributed by atoms with Crippen molar-refractivity contribution in [3.63, 3.8) is 0 Å². The highest BCUT2D eigenvalue weighted by molar-refractivity contribution is 8.01. The molecule has 0 bridgehead atoms. The zero-order valence-electron chi connectivity index (χ0n) is 8.23. The minimum atomic E-state index is 0.727. The Hall–Kier alpha value is -1.22. The summed E-state index contributed by atoms with van der Waals surface area (Å²) in [5, 5.41) is 1.79. The fourth-order valence-electron chi connectivity index (χ4n) is 1.09. The average molecular weight is 206 g/mol. The maximum absolute atomic E-state index is 5.83. The fraction of sp³-hybridized carbons (Fsp3) is 0.182. The van der Waals surface area contributed by atoms with Crippen LogP contribution in [-0.4, -0.2) is 6.72 Å². The van der Waals surface area contributed by atoms with Crippen molar-refractivity contribution in [3.05, 3.63) is 40.8 Å². The van der Waals surface area contributed by atoms with E-state index in [2.05, 4.69) is 30.2 Å². The van der Waals surface area contributed by atoms with Crippen molar-refractivity contribution >= 4 is 24.4 Å². The van der Waals surface area contributed by atoms with Crippen LogP contribution in [0.25, 0.3) is 5.70 Å². The normalized spacial score (nSPS) is 11.4. The molecular formula is C11H14N2S. The number of hydrogen-bond acceptors (Lipinski definition) is 3. The summed E-state index contributed by atoms with van der Waals surface area (Å²) in [5.74, 6) is 0. The summed E-state index contributed by atoms with van der Waals surface area (Å²) >= 11 is 1.25. The Balaban J connectivity index is 2.80. The second kappa shape index (κ2) is 5.50. The third-order valence-corrected chi connectivity index (χ3v) is 2.46. The smallest absolute Gasteiger partial charge is 0.0470 e. The summed E-state index contributed by atoms with van der Waals surface area (Å²) in [6.45, 7) is 5.50. The summed E-state index contributed by atoms with van der Waals surface area (Å²) in [4.78, 5) is 0. The lowest BCUT2D eigenvalue weighted by Crippen LogP contribution is -1.95. The molecule has 0 aliphatic carbocycles. The predicted octanol–water partition coefficient (Wildman–Crippen LogP) is 2.85. The highest BCUT2D eigenvalue weighted by Gasteiger charge is 1.95. The number of aryl methyl sites for hydroxylation is 1. The van der Waals surface area contributed by atoms with Crippen LogP contribution in [-0.2, 0) is 6.42 Å². The first-order valence-corrected chi connectivity index (χ1v) is 5.28. The topological polar surface area (TPSA) is 38.4 Å². The van der Waals surface area contributed by atoms with Gasteiger partial charge in [0.25, 0.3) is 0 Å². The van der Waals surface area contributed by atoms with Crippen molar-refractivity contribution in [1.82, 2.24) is 0 Å². The van der Waals surface area contributed by atoms with Crippen molar-refractivity contribution in [3.8, 4) is 0 Å². The quantitative estimate of drug-likeness (QED) is 0.607. The predicted molar refractivity (Wildman–Crippen MR) is 65.1 cm³/mol. The molecule has 0 fully saturated rings. The SMILES string of the molecule is C=NS/C=C(\N)c1ccc(CC)cc1. The first kappa shape index (κ1) is 10.9. The highest BCUT2D eigenvalue weighted by Crippen LogP contribution is 2.15. The lowest BCUT2D eigenvalue weighted by Gasteiger charge is -2.02. The molecule has 2 nitrogen and oxygen atoms in total. The van der Waals surface area contributed by atoms with Crippen LogP contribution < -0.4 is 5.73 Å². The summed E-state index contributed by atoms with van der Waals surface area (Å²) in [6, 6.07) is 8.21. The monoisotopic (exact) mass is 206 g/mol. The lowest BCUT2D eigenvalue weighted by atomic mass is 10.1.